The van der Waals surface area contributed by atoms with Crippen molar-refractivity contribution >= 4 is 35.3 Å². The van der Waals surface area contributed by atoms with Gasteiger partial charge in [-0.3, -0.25) is 34.0 Å². The van der Waals surface area contributed by atoms with Gasteiger partial charge in [0, 0.05) is 68.0 Å². The Morgan fingerprint density at radius 1 is 0.867 bits per heavy atom. The maximum absolute atomic E-state index is 14.7. The maximum atomic E-state index is 14.7. The summed E-state index contributed by atoms with van der Waals surface area (Å²) in [4.78, 5) is 64.8. The number of hydrogen-bond acceptors (Lipinski definition) is 11. The van der Waals surface area contributed by atoms with Crippen molar-refractivity contribution in [3.8, 4) is 28.1 Å². The van der Waals surface area contributed by atoms with Gasteiger partial charge in [-0.2, -0.15) is 0 Å². The van der Waals surface area contributed by atoms with Gasteiger partial charge in [-0.05, 0) is 134 Å². The molecule has 1 fully saturated rings. The molecule has 0 radical (unpaired) electrons. The molecule has 0 bridgehead atoms. The van der Waals surface area contributed by atoms with E-state index in [-0.39, 0.29) is 49.4 Å². The molecule has 394 valence electrons. The second kappa shape index (κ2) is 25.1. The van der Waals surface area contributed by atoms with E-state index in [0.717, 1.165) is 36.1 Å². The number of hydrogen-bond donors (Lipinski definition) is 5. The molecule has 2 aliphatic rings. The van der Waals surface area contributed by atoms with Crippen molar-refractivity contribution in [1.29, 1.82) is 0 Å². The van der Waals surface area contributed by atoms with Gasteiger partial charge >= 0.3 is 5.97 Å². The fourth-order valence-corrected chi connectivity index (χ4v) is 10.0. The minimum Gasteiger partial charge on any atom is -0.494 e. The molecule has 0 aliphatic carbocycles. The molecule has 1 unspecified atom stereocenters. The molecule has 2 aliphatic heterocycles. The number of para-hydroxylation sites is 1. The number of aryl methyl sites for hydroxylation is 3. The number of aliphatic hydroxyl groups is 2. The lowest BCUT2D eigenvalue weighted by atomic mass is 9.94. The molecule has 6 aromatic rings. The number of ether oxygens (including phenoxy) is 2. The predicted octanol–water partition coefficient (Wildman–Crippen LogP) is 7.72. The summed E-state index contributed by atoms with van der Waals surface area (Å²) in [5.41, 5.74) is 7.59. The Morgan fingerprint density at radius 3 is 2.39 bits per heavy atom. The first-order valence-electron chi connectivity index (χ1n) is 25.7. The normalized spacial score (nSPS) is 15.3. The topological polar surface area (TPSA) is 227 Å². The van der Waals surface area contributed by atoms with Crippen molar-refractivity contribution in [3.05, 3.63) is 143 Å². The van der Waals surface area contributed by atoms with E-state index in [0.29, 0.717) is 103 Å². The predicted molar refractivity (Wildman–Crippen MR) is 277 cm³/mol. The first-order chi connectivity index (χ1) is 36.2. The average molecular weight is 1030 g/mol. The molecule has 4 aromatic carbocycles. The van der Waals surface area contributed by atoms with E-state index in [1.165, 1.54) is 12.1 Å². The van der Waals surface area contributed by atoms with Crippen molar-refractivity contribution in [2.75, 3.05) is 25.1 Å². The zero-order valence-corrected chi connectivity index (χ0v) is 42.3. The van der Waals surface area contributed by atoms with E-state index < -0.39 is 42.4 Å². The number of rotatable bonds is 26. The number of carboxylic acids is 1. The standard InChI is InChI=1S/C57H64FN7O10/c1-36(2)53-52(56(72)59-41-14-4-3-5-15-41)51(54(38-19-21-40(58)22-20-38)64(53)27-25-43(66)32-44(67)33-50(69)70)39-12-6-17-45(31-39)75-30-9-16-42-34-63(62-61-42)26-10-29-74-28-8-13-37-11-7-18-46-47(37)35-65(57(46)73)48-23-24-49(68)60-55(48)71/h3-7,11-12,14-15,17-22,31,34,36,43-44,48,66-67H,8-10,13,16,23-30,32-33,35H2,1-2H3,(H,59,72)(H,69,70)(H,60,68,71)/t43-,44-,48?/m1/s1. The number of piperidine rings is 1. The third-order valence-corrected chi connectivity index (χ3v) is 13.5. The van der Waals surface area contributed by atoms with Crippen LogP contribution in [-0.2, 0) is 51.6 Å². The average Bonchev–Trinajstić information content (AvgIpc) is 4.09. The summed E-state index contributed by atoms with van der Waals surface area (Å²) in [6, 6.07) is 27.6. The minimum absolute atomic E-state index is 0.131. The number of benzene rings is 4. The quantitative estimate of drug-likeness (QED) is 0.0260. The summed E-state index contributed by atoms with van der Waals surface area (Å²) in [7, 11) is 0. The summed E-state index contributed by atoms with van der Waals surface area (Å²) in [5, 5.41) is 44.6. The van der Waals surface area contributed by atoms with Gasteiger partial charge in [-0.25, -0.2) is 4.39 Å². The van der Waals surface area contributed by atoms with Crippen LogP contribution in [0.3, 0.4) is 0 Å². The second-order valence-electron chi connectivity index (χ2n) is 19.4. The van der Waals surface area contributed by atoms with Crippen LogP contribution in [-0.4, -0.2) is 107 Å². The first kappa shape index (κ1) is 53.7. The highest BCUT2D eigenvalue weighted by atomic mass is 19.1. The minimum atomic E-state index is -1.24. The Kier molecular flexibility index (Phi) is 18.0. The summed E-state index contributed by atoms with van der Waals surface area (Å²) >= 11 is 0. The smallest absolute Gasteiger partial charge is 0.305 e. The number of aliphatic hydroxyl groups excluding tert-OH is 2. The number of carbonyl (C=O) groups excluding carboxylic acids is 4. The summed E-state index contributed by atoms with van der Waals surface area (Å²) in [6.07, 6.45) is 3.12. The fraction of sp³-hybridized carbons (Fsp3) is 0.386. The van der Waals surface area contributed by atoms with Crippen LogP contribution < -0.4 is 15.4 Å². The maximum Gasteiger partial charge on any atom is 0.305 e. The Labute approximate surface area is 434 Å². The molecular formula is C57H64FN7O10. The monoisotopic (exact) mass is 1030 g/mol. The summed E-state index contributed by atoms with van der Waals surface area (Å²) in [6.45, 7) is 6.56. The Morgan fingerprint density at radius 2 is 1.63 bits per heavy atom. The number of fused-ring (bicyclic) bond motifs is 1. The number of aliphatic carboxylic acids is 1. The molecule has 8 rings (SSSR count). The van der Waals surface area contributed by atoms with Crippen LogP contribution in [0.4, 0.5) is 10.1 Å². The van der Waals surface area contributed by atoms with Crippen LogP contribution in [0.2, 0.25) is 0 Å². The van der Waals surface area contributed by atoms with Gasteiger partial charge in [0.15, 0.2) is 0 Å². The zero-order chi connectivity index (χ0) is 53.0. The lowest BCUT2D eigenvalue weighted by Gasteiger charge is -2.29. The number of anilines is 1. The van der Waals surface area contributed by atoms with Crippen LogP contribution in [0.1, 0.15) is 114 Å². The first-order valence-corrected chi connectivity index (χ1v) is 25.7. The van der Waals surface area contributed by atoms with Gasteiger partial charge in [0.25, 0.3) is 11.8 Å². The van der Waals surface area contributed by atoms with E-state index in [4.69, 9.17) is 9.47 Å². The Balaban J connectivity index is 0.876. The highest BCUT2D eigenvalue weighted by molar-refractivity contribution is 6.12. The molecule has 18 heteroatoms. The number of imide groups is 1. The lowest BCUT2D eigenvalue weighted by molar-refractivity contribution is -0.140. The van der Waals surface area contributed by atoms with Crippen LogP contribution in [0, 0.1) is 5.82 Å². The number of amides is 4. The van der Waals surface area contributed by atoms with Gasteiger partial charge in [-0.15, -0.1) is 5.10 Å². The summed E-state index contributed by atoms with van der Waals surface area (Å²) in [5.74, 6) is -2.53. The van der Waals surface area contributed by atoms with Gasteiger partial charge in [-0.1, -0.05) is 61.5 Å². The van der Waals surface area contributed by atoms with Crippen molar-refractivity contribution in [2.24, 2.45) is 0 Å². The number of halogens is 1. The van der Waals surface area contributed by atoms with Crippen molar-refractivity contribution in [2.45, 2.75) is 122 Å². The molecule has 17 nitrogen and oxygen atoms in total. The highest BCUT2D eigenvalue weighted by Gasteiger charge is 2.40. The molecule has 1 saturated heterocycles. The molecule has 5 N–H and O–H groups in total. The van der Waals surface area contributed by atoms with Crippen molar-refractivity contribution in [1.82, 2.24) is 29.8 Å². The lowest BCUT2D eigenvalue weighted by Crippen LogP contribution is -2.52. The SMILES string of the molecule is CC(C)c1c(C(=O)Nc2ccccc2)c(-c2cccc(OCCCc3cn(CCCOCCCc4cccc5c4CN(C4CCC(=O)NC4=O)C5=O)nn3)c2)c(-c2ccc(F)cc2)n1CC[C@@H](O)C[C@@H](O)CC(=O)O. The Hall–Kier alpha value is -7.54. The molecule has 75 heavy (non-hydrogen) atoms. The van der Waals surface area contributed by atoms with E-state index in [1.807, 2.05) is 79.2 Å². The zero-order valence-electron chi connectivity index (χ0n) is 42.3. The number of carbonyl (C=O) groups is 5. The van der Waals surface area contributed by atoms with Gasteiger partial charge in [0.05, 0.1) is 42.2 Å². The number of nitrogens with zero attached hydrogens (tertiary/aromatic N) is 5. The number of nitrogens with one attached hydrogen (secondary N) is 2. The van der Waals surface area contributed by atoms with E-state index in [1.54, 1.807) is 39.9 Å². The van der Waals surface area contributed by atoms with Crippen LogP contribution in [0.15, 0.2) is 103 Å². The fourth-order valence-electron chi connectivity index (χ4n) is 10.0. The van der Waals surface area contributed by atoms with Crippen LogP contribution >= 0.6 is 0 Å². The Bertz CT molecular complexity index is 2970. The molecular weight excluding hydrogens is 962 g/mol. The van der Waals surface area contributed by atoms with Crippen molar-refractivity contribution in [3.63, 3.8) is 0 Å². The van der Waals surface area contributed by atoms with Gasteiger partial charge in [0.1, 0.15) is 17.6 Å². The van der Waals surface area contributed by atoms with Gasteiger partial charge < -0.3 is 39.6 Å². The van der Waals surface area contributed by atoms with E-state index in [9.17, 15) is 43.7 Å². The van der Waals surface area contributed by atoms with Gasteiger partial charge in [0.2, 0.25) is 11.8 Å². The molecule has 2 aromatic heterocycles. The second-order valence-corrected chi connectivity index (χ2v) is 19.4. The van der Waals surface area contributed by atoms with Crippen molar-refractivity contribution < 1.29 is 53.2 Å². The number of carboxylic acid groups (broad SMARTS) is 1. The van der Waals surface area contributed by atoms with Crippen LogP contribution in [0.25, 0.3) is 22.4 Å². The third kappa shape index (κ3) is 13.6. The highest BCUT2D eigenvalue weighted by Crippen LogP contribution is 2.44. The molecule has 0 spiro atoms. The molecule has 4 heterocycles. The van der Waals surface area contributed by atoms with E-state index in [2.05, 4.69) is 20.9 Å². The van der Waals surface area contributed by atoms with E-state index >= 15 is 0 Å². The molecule has 3 atom stereocenters. The molecule has 0 saturated carbocycles. The molecule has 4 amide bonds. The van der Waals surface area contributed by atoms with Crippen LogP contribution in [0.5, 0.6) is 5.75 Å². The number of aromatic nitrogens is 4. The largest absolute Gasteiger partial charge is 0.494 e. The summed E-state index contributed by atoms with van der Waals surface area (Å²) < 4.78 is 30.5. The third-order valence-electron chi connectivity index (χ3n) is 13.5.